The maximum atomic E-state index is 12.2. The summed E-state index contributed by atoms with van der Waals surface area (Å²) in [4.78, 5) is 0. The highest BCUT2D eigenvalue weighted by Crippen LogP contribution is 2.26. The van der Waals surface area contributed by atoms with Crippen molar-refractivity contribution >= 4 is 33.2 Å². The van der Waals surface area contributed by atoms with Crippen LogP contribution in [0.25, 0.3) is 0 Å². The van der Waals surface area contributed by atoms with Crippen LogP contribution in [0.1, 0.15) is 5.56 Å². The predicted octanol–water partition coefficient (Wildman–Crippen LogP) is 5.61. The van der Waals surface area contributed by atoms with Gasteiger partial charge in [0.25, 0.3) is 0 Å². The van der Waals surface area contributed by atoms with E-state index in [1.54, 1.807) is 18.2 Å². The molecule has 0 radical (unpaired) electrons. The first kappa shape index (κ1) is 16.0. The zero-order valence-electron chi connectivity index (χ0n) is 10.5. The van der Waals surface area contributed by atoms with Crippen molar-refractivity contribution in [1.29, 1.82) is 0 Å². The van der Waals surface area contributed by atoms with Crippen molar-refractivity contribution < 1.29 is 17.9 Å². The molecule has 0 heterocycles. The van der Waals surface area contributed by atoms with Crippen LogP contribution in [0.2, 0.25) is 5.02 Å². The van der Waals surface area contributed by atoms with Crippen LogP contribution in [-0.2, 0) is 6.54 Å². The lowest BCUT2D eigenvalue weighted by Gasteiger charge is -2.12. The van der Waals surface area contributed by atoms with E-state index in [-0.39, 0.29) is 5.75 Å². The van der Waals surface area contributed by atoms with Crippen LogP contribution >= 0.6 is 27.5 Å². The summed E-state index contributed by atoms with van der Waals surface area (Å²) in [5.74, 6) is -0.261. The van der Waals surface area contributed by atoms with Gasteiger partial charge in [-0.15, -0.1) is 13.2 Å². The second-order valence-corrected chi connectivity index (χ2v) is 5.46. The minimum Gasteiger partial charge on any atom is -0.406 e. The summed E-state index contributed by atoms with van der Waals surface area (Å²) in [6.45, 7) is 0.438. The molecule has 0 atom stereocenters. The van der Waals surface area contributed by atoms with Gasteiger partial charge in [-0.2, -0.15) is 0 Å². The summed E-state index contributed by atoms with van der Waals surface area (Å²) in [6.07, 6.45) is -4.70. The number of rotatable bonds is 4. The lowest BCUT2D eigenvalue weighted by molar-refractivity contribution is -0.274. The van der Waals surface area contributed by atoms with Gasteiger partial charge in [0.2, 0.25) is 0 Å². The summed E-state index contributed by atoms with van der Waals surface area (Å²) in [5.41, 5.74) is 1.46. The van der Waals surface area contributed by atoms with Crippen LogP contribution in [0.5, 0.6) is 5.75 Å². The first-order valence-corrected chi connectivity index (χ1v) is 7.04. The van der Waals surface area contributed by atoms with Crippen molar-refractivity contribution in [3.63, 3.8) is 0 Å². The van der Waals surface area contributed by atoms with Gasteiger partial charge in [0.15, 0.2) is 0 Å². The molecule has 7 heteroatoms. The molecule has 0 bridgehead atoms. The van der Waals surface area contributed by atoms with Crippen molar-refractivity contribution in [2.45, 2.75) is 12.9 Å². The fourth-order valence-corrected chi connectivity index (χ4v) is 2.49. The minimum absolute atomic E-state index is 0.261. The van der Waals surface area contributed by atoms with Crippen molar-refractivity contribution in [3.05, 3.63) is 57.5 Å². The van der Waals surface area contributed by atoms with E-state index in [0.29, 0.717) is 17.3 Å². The highest BCUT2D eigenvalue weighted by molar-refractivity contribution is 9.10. The maximum absolute atomic E-state index is 12.2. The summed E-state index contributed by atoms with van der Waals surface area (Å²) in [7, 11) is 0. The Hall–Kier alpha value is -1.40. The van der Waals surface area contributed by atoms with Gasteiger partial charge in [0.05, 0.1) is 0 Å². The van der Waals surface area contributed by atoms with E-state index < -0.39 is 6.36 Å². The highest BCUT2D eigenvalue weighted by Gasteiger charge is 2.31. The summed E-state index contributed by atoms with van der Waals surface area (Å²) in [5, 5.41) is 3.63. The molecule has 21 heavy (non-hydrogen) atoms. The molecule has 0 aliphatic heterocycles. The van der Waals surface area contributed by atoms with Crippen LogP contribution < -0.4 is 10.1 Å². The van der Waals surface area contributed by atoms with Crippen LogP contribution in [0, 0.1) is 0 Å². The highest BCUT2D eigenvalue weighted by atomic mass is 79.9. The fourth-order valence-electron chi connectivity index (χ4n) is 1.67. The number of nitrogens with one attached hydrogen (secondary N) is 1. The zero-order chi connectivity index (χ0) is 15.5. The Morgan fingerprint density at radius 3 is 2.57 bits per heavy atom. The molecule has 2 aromatic carbocycles. The van der Waals surface area contributed by atoms with Crippen LogP contribution in [-0.4, -0.2) is 6.36 Å². The Kier molecular flexibility index (Phi) is 5.00. The van der Waals surface area contributed by atoms with Gasteiger partial charge in [0, 0.05) is 27.8 Å². The summed E-state index contributed by atoms with van der Waals surface area (Å²) >= 11 is 9.22. The molecule has 0 unspecified atom stereocenters. The normalized spacial score (nSPS) is 11.3. The molecule has 2 aromatic rings. The third kappa shape index (κ3) is 5.13. The van der Waals surface area contributed by atoms with Gasteiger partial charge in [-0.1, -0.05) is 39.7 Å². The Morgan fingerprint density at radius 2 is 1.90 bits per heavy atom. The molecule has 112 valence electrons. The number of anilines is 1. The van der Waals surface area contributed by atoms with Gasteiger partial charge < -0.3 is 10.1 Å². The predicted molar refractivity (Wildman–Crippen MR) is 79.6 cm³/mol. The average molecular weight is 381 g/mol. The van der Waals surface area contributed by atoms with E-state index in [1.165, 1.54) is 18.2 Å². The molecule has 0 amide bonds. The third-order valence-corrected chi connectivity index (χ3v) is 3.54. The molecule has 1 N–H and O–H groups in total. The number of alkyl halides is 3. The number of ether oxygens (including phenoxy) is 1. The van der Waals surface area contributed by atoms with Crippen molar-refractivity contribution in [1.82, 2.24) is 0 Å². The molecule has 0 aliphatic carbocycles. The molecule has 0 fully saturated rings. The van der Waals surface area contributed by atoms with Crippen LogP contribution in [0.15, 0.2) is 46.9 Å². The molecule has 0 spiro atoms. The standard InChI is InChI=1S/C14H10BrClF3NO/c15-13-6-10(16)5-4-9(13)8-20-11-2-1-3-12(7-11)21-14(17,18)19/h1-7,20H,8H2. The Labute approximate surface area is 133 Å². The average Bonchev–Trinajstić information content (AvgIpc) is 2.36. The first-order valence-electron chi connectivity index (χ1n) is 5.87. The lowest BCUT2D eigenvalue weighted by Crippen LogP contribution is -2.17. The molecule has 2 nitrogen and oxygen atoms in total. The molecule has 0 saturated heterocycles. The Morgan fingerprint density at radius 1 is 1.14 bits per heavy atom. The number of hydrogen-bond donors (Lipinski definition) is 1. The van der Waals surface area contributed by atoms with Crippen LogP contribution in [0.3, 0.4) is 0 Å². The number of hydrogen-bond acceptors (Lipinski definition) is 2. The van der Waals surface area contributed by atoms with Gasteiger partial charge in [0.1, 0.15) is 5.75 Å². The minimum atomic E-state index is -4.70. The van der Waals surface area contributed by atoms with E-state index in [4.69, 9.17) is 11.6 Å². The maximum Gasteiger partial charge on any atom is 0.573 e. The quantitative estimate of drug-likeness (QED) is 0.744. The van der Waals surface area contributed by atoms with Gasteiger partial charge in [-0.3, -0.25) is 0 Å². The van der Waals surface area contributed by atoms with E-state index in [2.05, 4.69) is 26.0 Å². The molecule has 0 saturated carbocycles. The van der Waals surface area contributed by atoms with Gasteiger partial charge in [-0.25, -0.2) is 0 Å². The summed E-state index contributed by atoms with van der Waals surface area (Å²) in [6, 6.07) is 11.0. The zero-order valence-corrected chi connectivity index (χ0v) is 12.9. The smallest absolute Gasteiger partial charge is 0.406 e. The summed E-state index contributed by atoms with van der Waals surface area (Å²) < 4.78 is 41.2. The molecular weight excluding hydrogens is 371 g/mol. The van der Waals surface area contributed by atoms with Gasteiger partial charge in [-0.05, 0) is 29.8 Å². The van der Waals surface area contributed by atoms with E-state index in [0.717, 1.165) is 10.0 Å². The number of benzene rings is 2. The monoisotopic (exact) mass is 379 g/mol. The topological polar surface area (TPSA) is 21.3 Å². The Bertz CT molecular complexity index is 634. The lowest BCUT2D eigenvalue weighted by atomic mass is 10.2. The van der Waals surface area contributed by atoms with E-state index in [9.17, 15) is 13.2 Å². The van der Waals surface area contributed by atoms with E-state index in [1.807, 2.05) is 6.07 Å². The SMILES string of the molecule is FC(F)(F)Oc1cccc(NCc2ccc(Cl)cc2Br)c1. The number of halogens is 5. The second-order valence-electron chi connectivity index (χ2n) is 4.16. The van der Waals surface area contributed by atoms with Crippen molar-refractivity contribution in [2.75, 3.05) is 5.32 Å². The molecular formula is C14H10BrClF3NO. The van der Waals surface area contributed by atoms with Crippen molar-refractivity contribution in [2.24, 2.45) is 0 Å². The largest absolute Gasteiger partial charge is 0.573 e. The Balaban J connectivity index is 2.05. The van der Waals surface area contributed by atoms with E-state index >= 15 is 0 Å². The van der Waals surface area contributed by atoms with Crippen molar-refractivity contribution in [3.8, 4) is 5.75 Å². The molecule has 0 aromatic heterocycles. The molecule has 2 rings (SSSR count). The van der Waals surface area contributed by atoms with Gasteiger partial charge >= 0.3 is 6.36 Å². The first-order chi connectivity index (χ1) is 9.83. The fraction of sp³-hybridized carbons (Fsp3) is 0.143. The third-order valence-electron chi connectivity index (χ3n) is 2.57. The molecule has 0 aliphatic rings. The van der Waals surface area contributed by atoms with Crippen LogP contribution in [0.4, 0.5) is 18.9 Å². The second kappa shape index (κ2) is 6.58.